The van der Waals surface area contributed by atoms with E-state index in [2.05, 4.69) is 5.32 Å². The molecule has 2 aliphatic rings. The van der Waals surface area contributed by atoms with E-state index < -0.39 is 28.8 Å². The molecular weight excluding hydrogens is 370 g/mol. The number of para-hydroxylation sites is 1. The monoisotopic (exact) mass is 393 g/mol. The van der Waals surface area contributed by atoms with E-state index in [1.165, 1.54) is 21.1 Å². The van der Waals surface area contributed by atoms with Gasteiger partial charge in [0.15, 0.2) is 5.78 Å². The Hall–Kier alpha value is -2.08. The van der Waals surface area contributed by atoms with Gasteiger partial charge in [-0.1, -0.05) is 36.6 Å². The Labute approximate surface area is 163 Å². The van der Waals surface area contributed by atoms with Crippen LogP contribution in [0.25, 0.3) is 0 Å². The lowest BCUT2D eigenvalue weighted by molar-refractivity contribution is -0.167. The molecule has 3 rings (SSSR count). The average Bonchev–Trinajstić information content (AvgIpc) is 2.67. The smallest absolute Gasteiger partial charge is 0.315 e. The molecule has 1 aromatic rings. The first kappa shape index (κ1) is 19.7. The zero-order valence-electron chi connectivity index (χ0n) is 15.8. The van der Waals surface area contributed by atoms with E-state index in [0.29, 0.717) is 23.6 Å². The predicted octanol–water partition coefficient (Wildman–Crippen LogP) is 3.47. The second-order valence-corrected chi connectivity index (χ2v) is 7.70. The number of ketones is 1. The zero-order valence-corrected chi connectivity index (χ0v) is 16.5. The normalized spacial score (nSPS) is 29.0. The SMILES string of the molecule is COC(=O)C[C@H]1c2cccc(Cl)c2N[C@@]2(C(C)=O)CCCC[C@@]12C(=O)OC. The van der Waals surface area contributed by atoms with Crippen molar-refractivity contribution in [2.45, 2.75) is 50.5 Å². The van der Waals surface area contributed by atoms with Crippen LogP contribution in [-0.4, -0.2) is 37.5 Å². The Balaban J connectivity index is 2.34. The lowest BCUT2D eigenvalue weighted by Crippen LogP contribution is -2.68. The molecule has 0 bridgehead atoms. The Morgan fingerprint density at radius 1 is 1.19 bits per heavy atom. The van der Waals surface area contributed by atoms with Crippen LogP contribution >= 0.6 is 11.6 Å². The van der Waals surface area contributed by atoms with Crippen LogP contribution in [0.2, 0.25) is 5.02 Å². The minimum absolute atomic E-state index is 0.0321. The van der Waals surface area contributed by atoms with Crippen LogP contribution in [0.5, 0.6) is 0 Å². The van der Waals surface area contributed by atoms with Gasteiger partial charge in [-0.3, -0.25) is 14.4 Å². The van der Waals surface area contributed by atoms with Crippen LogP contribution < -0.4 is 5.32 Å². The summed E-state index contributed by atoms with van der Waals surface area (Å²) in [5, 5.41) is 3.77. The number of methoxy groups -OCH3 is 2. The topological polar surface area (TPSA) is 81.7 Å². The summed E-state index contributed by atoms with van der Waals surface area (Å²) >= 11 is 6.43. The summed E-state index contributed by atoms with van der Waals surface area (Å²) in [6, 6.07) is 5.34. The fraction of sp³-hybridized carbons (Fsp3) is 0.550. The number of fused-ring (bicyclic) bond motifs is 2. The van der Waals surface area contributed by atoms with Crippen molar-refractivity contribution in [3.63, 3.8) is 0 Å². The van der Waals surface area contributed by atoms with Gasteiger partial charge in [-0.25, -0.2) is 0 Å². The molecule has 0 spiro atoms. The summed E-state index contributed by atoms with van der Waals surface area (Å²) in [6.07, 6.45) is 2.44. The molecule has 1 aromatic carbocycles. The highest BCUT2D eigenvalue weighted by Crippen LogP contribution is 2.61. The van der Waals surface area contributed by atoms with Gasteiger partial charge < -0.3 is 14.8 Å². The summed E-state index contributed by atoms with van der Waals surface area (Å²) in [4.78, 5) is 38.4. The third-order valence-electron chi connectivity index (χ3n) is 6.24. The summed E-state index contributed by atoms with van der Waals surface area (Å²) < 4.78 is 10.1. The highest BCUT2D eigenvalue weighted by Gasteiger charge is 2.67. The Morgan fingerprint density at radius 3 is 2.52 bits per heavy atom. The minimum atomic E-state index is -1.20. The first-order valence-corrected chi connectivity index (χ1v) is 9.44. The average molecular weight is 394 g/mol. The first-order valence-electron chi connectivity index (χ1n) is 9.07. The molecule has 1 N–H and O–H groups in total. The predicted molar refractivity (Wildman–Crippen MR) is 101 cm³/mol. The van der Waals surface area contributed by atoms with Gasteiger partial charge >= 0.3 is 11.9 Å². The summed E-state index contributed by atoms with van der Waals surface area (Å²) in [5.41, 5.74) is -1.03. The van der Waals surface area contributed by atoms with Crippen molar-refractivity contribution in [3.8, 4) is 0 Å². The number of anilines is 1. The van der Waals surface area contributed by atoms with E-state index in [1.807, 2.05) is 6.07 Å². The van der Waals surface area contributed by atoms with E-state index in [1.54, 1.807) is 12.1 Å². The molecule has 146 valence electrons. The van der Waals surface area contributed by atoms with Crippen LogP contribution in [0.1, 0.15) is 50.5 Å². The number of esters is 2. The van der Waals surface area contributed by atoms with Gasteiger partial charge in [-0.15, -0.1) is 0 Å². The molecule has 0 amide bonds. The molecular formula is C20H24ClNO5. The molecule has 0 saturated heterocycles. The van der Waals surface area contributed by atoms with Crippen molar-refractivity contribution in [2.75, 3.05) is 19.5 Å². The van der Waals surface area contributed by atoms with Crippen molar-refractivity contribution in [1.29, 1.82) is 0 Å². The number of halogens is 1. The standard InChI is InChI=1S/C20H24ClNO5/c1-12(23)20-10-5-4-9-19(20,18(25)27-3)14(11-16(24)26-2)13-7-6-8-15(21)17(13)22-20/h6-8,14,22H,4-5,9-11H2,1-3H3/t14-,19-,20+/m0/s1. The number of ether oxygens (including phenoxy) is 2. The van der Waals surface area contributed by atoms with E-state index >= 15 is 0 Å². The highest BCUT2D eigenvalue weighted by atomic mass is 35.5. The molecule has 7 heteroatoms. The van der Waals surface area contributed by atoms with Gasteiger partial charge in [0.2, 0.25) is 0 Å². The van der Waals surface area contributed by atoms with Crippen molar-refractivity contribution in [3.05, 3.63) is 28.8 Å². The van der Waals surface area contributed by atoms with Crippen LogP contribution in [0.3, 0.4) is 0 Å². The maximum absolute atomic E-state index is 13.2. The molecule has 3 atom stereocenters. The number of hydrogen-bond donors (Lipinski definition) is 1. The second kappa shape index (κ2) is 7.15. The Bertz CT molecular complexity index is 795. The molecule has 1 heterocycles. The van der Waals surface area contributed by atoms with Crippen LogP contribution in [0.4, 0.5) is 5.69 Å². The number of nitrogens with one attached hydrogen (secondary N) is 1. The number of carbonyl (C=O) groups is 3. The molecule has 0 radical (unpaired) electrons. The Morgan fingerprint density at radius 2 is 1.89 bits per heavy atom. The first-order chi connectivity index (χ1) is 12.8. The number of benzene rings is 1. The number of rotatable bonds is 4. The van der Waals surface area contributed by atoms with Gasteiger partial charge in [0, 0.05) is 5.92 Å². The summed E-state index contributed by atoms with van der Waals surface area (Å²) in [7, 11) is 2.63. The maximum atomic E-state index is 13.2. The minimum Gasteiger partial charge on any atom is -0.469 e. The lowest BCUT2D eigenvalue weighted by atomic mass is 9.50. The van der Waals surface area contributed by atoms with E-state index in [4.69, 9.17) is 21.1 Å². The van der Waals surface area contributed by atoms with Gasteiger partial charge in [0.25, 0.3) is 0 Å². The zero-order chi connectivity index (χ0) is 19.8. The van der Waals surface area contributed by atoms with Gasteiger partial charge in [-0.2, -0.15) is 0 Å². The van der Waals surface area contributed by atoms with E-state index in [9.17, 15) is 14.4 Å². The molecule has 0 aromatic heterocycles. The third kappa shape index (κ3) is 2.73. The molecule has 1 fully saturated rings. The summed E-state index contributed by atoms with van der Waals surface area (Å²) in [5.74, 6) is -1.66. The number of carbonyl (C=O) groups excluding carboxylic acids is 3. The number of Topliss-reactive ketones (excluding diaryl/α,β-unsaturated/α-hetero) is 1. The fourth-order valence-electron chi connectivity index (χ4n) is 5.03. The number of hydrogen-bond acceptors (Lipinski definition) is 6. The van der Waals surface area contributed by atoms with E-state index in [0.717, 1.165) is 18.4 Å². The largest absolute Gasteiger partial charge is 0.469 e. The fourth-order valence-corrected chi connectivity index (χ4v) is 5.26. The second-order valence-electron chi connectivity index (χ2n) is 7.29. The summed E-state index contributed by atoms with van der Waals surface area (Å²) in [6.45, 7) is 1.48. The van der Waals surface area contributed by atoms with Gasteiger partial charge in [0.1, 0.15) is 11.0 Å². The highest BCUT2D eigenvalue weighted by molar-refractivity contribution is 6.33. The van der Waals surface area contributed by atoms with Crippen LogP contribution in [-0.2, 0) is 23.9 Å². The van der Waals surface area contributed by atoms with Crippen molar-refractivity contribution in [2.24, 2.45) is 5.41 Å². The van der Waals surface area contributed by atoms with Crippen LogP contribution in [0, 0.1) is 5.41 Å². The molecule has 1 saturated carbocycles. The van der Waals surface area contributed by atoms with E-state index in [-0.39, 0.29) is 12.2 Å². The van der Waals surface area contributed by atoms with Crippen LogP contribution in [0.15, 0.2) is 18.2 Å². The molecule has 0 unspecified atom stereocenters. The Kier molecular flexibility index (Phi) is 5.21. The van der Waals surface area contributed by atoms with Crippen molar-refractivity contribution >= 4 is 35.0 Å². The quantitative estimate of drug-likeness (QED) is 0.789. The molecule has 1 aliphatic heterocycles. The molecule has 1 aliphatic carbocycles. The third-order valence-corrected chi connectivity index (χ3v) is 6.55. The van der Waals surface area contributed by atoms with Gasteiger partial charge in [0.05, 0.1) is 31.4 Å². The molecule has 27 heavy (non-hydrogen) atoms. The molecule has 6 nitrogen and oxygen atoms in total. The maximum Gasteiger partial charge on any atom is 0.315 e. The van der Waals surface area contributed by atoms with Crippen molar-refractivity contribution in [1.82, 2.24) is 0 Å². The lowest BCUT2D eigenvalue weighted by Gasteiger charge is -2.57. The van der Waals surface area contributed by atoms with Crippen molar-refractivity contribution < 1.29 is 23.9 Å². The van der Waals surface area contributed by atoms with Gasteiger partial charge in [-0.05, 0) is 31.4 Å².